The first-order valence-corrected chi connectivity index (χ1v) is 4.60. The second kappa shape index (κ2) is 5.68. The van der Waals surface area contributed by atoms with Gasteiger partial charge in [-0.25, -0.2) is 0 Å². The molecule has 0 heterocycles. The normalized spacial score (nSPS) is 8.92. The summed E-state index contributed by atoms with van der Waals surface area (Å²) in [6.45, 7) is 2.97. The Kier molecular flexibility index (Phi) is 5.72. The van der Waals surface area contributed by atoms with E-state index in [1.807, 2.05) is 18.2 Å². The van der Waals surface area contributed by atoms with E-state index >= 15 is 0 Å². The van der Waals surface area contributed by atoms with E-state index in [4.69, 9.17) is 11.6 Å². The maximum Gasteiger partial charge on any atom is 0.0568 e. The zero-order chi connectivity index (χ0) is 8.27. The second-order valence-electron chi connectivity index (χ2n) is 2.16. The van der Waals surface area contributed by atoms with Gasteiger partial charge in [0, 0.05) is 16.7 Å². The van der Waals surface area contributed by atoms with E-state index < -0.39 is 0 Å². The highest BCUT2D eigenvalue weighted by Gasteiger charge is 1.96. The molecular formula is C8H10BrCl2N. The summed E-state index contributed by atoms with van der Waals surface area (Å²) in [6.07, 6.45) is 0. The van der Waals surface area contributed by atoms with Gasteiger partial charge >= 0.3 is 0 Å². The molecule has 0 saturated heterocycles. The van der Waals surface area contributed by atoms with Crippen LogP contribution in [0, 0.1) is 0 Å². The van der Waals surface area contributed by atoms with Crippen molar-refractivity contribution in [2.45, 2.75) is 6.92 Å². The molecule has 1 N–H and O–H groups in total. The average molecular weight is 271 g/mol. The summed E-state index contributed by atoms with van der Waals surface area (Å²) in [5.74, 6) is 0. The number of hydrogen-bond donors (Lipinski definition) is 1. The van der Waals surface area contributed by atoms with Gasteiger partial charge < -0.3 is 5.32 Å². The molecule has 0 fully saturated rings. The first kappa shape index (κ1) is 12.1. The van der Waals surface area contributed by atoms with E-state index in [2.05, 4.69) is 28.2 Å². The van der Waals surface area contributed by atoms with Crippen LogP contribution in [-0.2, 0) is 0 Å². The third-order valence-corrected chi connectivity index (χ3v) is 2.53. The van der Waals surface area contributed by atoms with E-state index in [9.17, 15) is 0 Å². The number of benzene rings is 1. The van der Waals surface area contributed by atoms with E-state index in [-0.39, 0.29) is 12.4 Å². The Morgan fingerprint density at radius 1 is 1.50 bits per heavy atom. The third kappa shape index (κ3) is 3.21. The summed E-state index contributed by atoms with van der Waals surface area (Å²) in [6, 6.07) is 5.81. The maximum atomic E-state index is 5.86. The first-order chi connectivity index (χ1) is 5.24. The number of anilines is 1. The highest BCUT2D eigenvalue weighted by atomic mass is 79.9. The van der Waals surface area contributed by atoms with Gasteiger partial charge in [-0.15, -0.1) is 12.4 Å². The fourth-order valence-electron chi connectivity index (χ4n) is 0.810. The summed E-state index contributed by atoms with van der Waals surface area (Å²) in [4.78, 5) is 0. The van der Waals surface area contributed by atoms with Crippen molar-refractivity contribution in [3.05, 3.63) is 27.7 Å². The van der Waals surface area contributed by atoms with Crippen LogP contribution in [0.3, 0.4) is 0 Å². The zero-order valence-corrected chi connectivity index (χ0v) is 9.76. The van der Waals surface area contributed by atoms with Gasteiger partial charge in [0.1, 0.15) is 0 Å². The van der Waals surface area contributed by atoms with Gasteiger partial charge in [-0.05, 0) is 41.1 Å². The molecule has 4 heteroatoms. The quantitative estimate of drug-likeness (QED) is 0.858. The molecule has 0 bridgehead atoms. The number of rotatable bonds is 2. The van der Waals surface area contributed by atoms with Gasteiger partial charge in [-0.1, -0.05) is 11.6 Å². The van der Waals surface area contributed by atoms with Gasteiger partial charge in [-0.2, -0.15) is 0 Å². The Hall–Kier alpha value is 0.0800. The van der Waals surface area contributed by atoms with Gasteiger partial charge in [-0.3, -0.25) is 0 Å². The molecule has 1 aromatic rings. The lowest BCUT2D eigenvalue weighted by atomic mass is 10.3. The van der Waals surface area contributed by atoms with E-state index in [0.29, 0.717) is 0 Å². The lowest BCUT2D eigenvalue weighted by molar-refractivity contribution is 1.21. The standard InChI is InChI=1S/C8H9BrClN.ClH/c1-2-11-6-3-4-7(9)8(10)5-6;/h3-5,11H,2H2,1H3;1H. The molecular weight excluding hydrogens is 261 g/mol. The molecule has 0 aliphatic carbocycles. The molecule has 12 heavy (non-hydrogen) atoms. The lowest BCUT2D eigenvalue weighted by Crippen LogP contribution is -1.95. The van der Waals surface area contributed by atoms with Crippen LogP contribution in [0.4, 0.5) is 5.69 Å². The van der Waals surface area contributed by atoms with Crippen LogP contribution in [0.1, 0.15) is 6.92 Å². The smallest absolute Gasteiger partial charge is 0.0568 e. The predicted molar refractivity (Wildman–Crippen MR) is 60.6 cm³/mol. The van der Waals surface area contributed by atoms with Crippen molar-refractivity contribution in [2.24, 2.45) is 0 Å². The average Bonchev–Trinajstić information content (AvgIpc) is 1.98. The lowest BCUT2D eigenvalue weighted by Gasteiger charge is -2.03. The summed E-state index contributed by atoms with van der Waals surface area (Å²) >= 11 is 9.18. The fourth-order valence-corrected chi connectivity index (χ4v) is 1.24. The van der Waals surface area contributed by atoms with Crippen molar-refractivity contribution >= 4 is 45.6 Å². The van der Waals surface area contributed by atoms with Gasteiger partial charge in [0.15, 0.2) is 0 Å². The van der Waals surface area contributed by atoms with Gasteiger partial charge in [0.25, 0.3) is 0 Å². The van der Waals surface area contributed by atoms with Crippen LogP contribution in [-0.4, -0.2) is 6.54 Å². The molecule has 68 valence electrons. The van der Waals surface area contributed by atoms with Crippen LogP contribution in [0.5, 0.6) is 0 Å². The summed E-state index contributed by atoms with van der Waals surface area (Å²) in [7, 11) is 0. The topological polar surface area (TPSA) is 12.0 Å². The zero-order valence-electron chi connectivity index (χ0n) is 6.60. The van der Waals surface area contributed by atoms with Crippen molar-refractivity contribution in [1.29, 1.82) is 0 Å². The number of nitrogens with one attached hydrogen (secondary N) is 1. The molecule has 0 atom stereocenters. The van der Waals surface area contributed by atoms with Crippen molar-refractivity contribution in [1.82, 2.24) is 0 Å². The molecule has 0 aliphatic rings. The molecule has 0 amide bonds. The Morgan fingerprint density at radius 3 is 2.67 bits per heavy atom. The Morgan fingerprint density at radius 2 is 2.17 bits per heavy atom. The molecule has 0 saturated carbocycles. The van der Waals surface area contributed by atoms with E-state index in [0.717, 1.165) is 21.7 Å². The minimum Gasteiger partial charge on any atom is -0.385 e. The minimum atomic E-state index is 0. The number of hydrogen-bond acceptors (Lipinski definition) is 1. The van der Waals surface area contributed by atoms with Crippen LogP contribution in [0.25, 0.3) is 0 Å². The molecule has 0 aromatic heterocycles. The Balaban J connectivity index is 0.00000121. The highest BCUT2D eigenvalue weighted by molar-refractivity contribution is 9.10. The number of halogens is 3. The summed E-state index contributed by atoms with van der Waals surface area (Å²) in [5, 5.41) is 3.91. The Bertz CT molecular complexity index is 253. The molecule has 0 spiro atoms. The summed E-state index contributed by atoms with van der Waals surface area (Å²) in [5.41, 5.74) is 1.06. The van der Waals surface area contributed by atoms with Crippen molar-refractivity contribution in [3.63, 3.8) is 0 Å². The Labute approximate surface area is 92.0 Å². The van der Waals surface area contributed by atoms with Crippen LogP contribution in [0.2, 0.25) is 5.02 Å². The molecule has 1 nitrogen and oxygen atoms in total. The predicted octanol–water partition coefficient (Wildman–Crippen LogP) is 3.96. The highest BCUT2D eigenvalue weighted by Crippen LogP contribution is 2.25. The molecule has 1 aromatic carbocycles. The van der Waals surface area contributed by atoms with Crippen molar-refractivity contribution in [2.75, 3.05) is 11.9 Å². The van der Waals surface area contributed by atoms with Gasteiger partial charge in [0.2, 0.25) is 0 Å². The monoisotopic (exact) mass is 269 g/mol. The molecule has 0 aliphatic heterocycles. The fraction of sp³-hybridized carbons (Fsp3) is 0.250. The SMILES string of the molecule is CCNc1ccc(Br)c(Cl)c1.Cl. The summed E-state index contributed by atoms with van der Waals surface area (Å²) < 4.78 is 0.931. The largest absolute Gasteiger partial charge is 0.385 e. The van der Waals surface area contributed by atoms with Crippen LogP contribution in [0.15, 0.2) is 22.7 Å². The molecule has 0 radical (unpaired) electrons. The van der Waals surface area contributed by atoms with Crippen molar-refractivity contribution in [3.8, 4) is 0 Å². The maximum absolute atomic E-state index is 5.86. The molecule has 1 rings (SSSR count). The molecule has 0 unspecified atom stereocenters. The van der Waals surface area contributed by atoms with Crippen LogP contribution >= 0.6 is 39.9 Å². The van der Waals surface area contributed by atoms with E-state index in [1.165, 1.54) is 0 Å². The van der Waals surface area contributed by atoms with E-state index in [1.54, 1.807) is 0 Å². The first-order valence-electron chi connectivity index (χ1n) is 3.43. The van der Waals surface area contributed by atoms with Crippen LogP contribution < -0.4 is 5.32 Å². The van der Waals surface area contributed by atoms with Gasteiger partial charge in [0.05, 0.1) is 5.02 Å². The second-order valence-corrected chi connectivity index (χ2v) is 3.42. The third-order valence-electron chi connectivity index (χ3n) is 1.30. The minimum absolute atomic E-state index is 0. The van der Waals surface area contributed by atoms with Crippen molar-refractivity contribution < 1.29 is 0 Å².